The number of aryl methyl sites for hydroxylation is 1. The Kier molecular flexibility index (Phi) is 5.38. The lowest BCUT2D eigenvalue weighted by molar-refractivity contribution is -0.0124. The number of rotatable bonds is 4. The normalized spacial score (nSPS) is 18.7. The van der Waals surface area contributed by atoms with E-state index in [0.717, 1.165) is 12.8 Å². The first-order valence-electron chi connectivity index (χ1n) is 11.1. The number of carbonyl (C=O) groups excluding carboxylic acids is 1. The highest BCUT2D eigenvalue weighted by atomic mass is 16.5. The molecule has 3 heterocycles. The highest BCUT2D eigenvalue weighted by Gasteiger charge is 2.27. The van der Waals surface area contributed by atoms with E-state index in [1.165, 1.54) is 11.1 Å². The maximum absolute atomic E-state index is 13.3. The summed E-state index contributed by atoms with van der Waals surface area (Å²) in [7, 11) is 0. The number of hydrogen-bond donors (Lipinski definition) is 0. The lowest BCUT2D eigenvalue weighted by Gasteiger charge is -2.31. The van der Waals surface area contributed by atoms with Gasteiger partial charge in [-0.3, -0.25) is 9.59 Å². The Morgan fingerprint density at radius 1 is 1.22 bits per heavy atom. The summed E-state index contributed by atoms with van der Waals surface area (Å²) in [5.74, 6) is 0.0272. The summed E-state index contributed by atoms with van der Waals surface area (Å²) in [5.41, 5.74) is 2.79. The number of benzene rings is 1. The molecule has 8 nitrogen and oxygen atoms in total. The van der Waals surface area contributed by atoms with Gasteiger partial charge in [-0.15, -0.1) is 10.2 Å². The van der Waals surface area contributed by atoms with E-state index in [1.807, 2.05) is 26.0 Å². The van der Waals surface area contributed by atoms with Crippen LogP contribution in [-0.2, 0) is 24.1 Å². The van der Waals surface area contributed by atoms with Gasteiger partial charge in [0.05, 0.1) is 18.1 Å². The molecule has 0 saturated carbocycles. The summed E-state index contributed by atoms with van der Waals surface area (Å²) in [5, 5.41) is 8.83. The van der Waals surface area contributed by atoms with E-state index < -0.39 is 0 Å². The molecule has 0 bridgehead atoms. The van der Waals surface area contributed by atoms with E-state index in [9.17, 15) is 9.59 Å². The van der Waals surface area contributed by atoms with Gasteiger partial charge in [0.1, 0.15) is 11.7 Å². The molecule has 0 N–H and O–H groups in total. The zero-order chi connectivity index (χ0) is 22.2. The Hall–Kier alpha value is -3.26. The number of morpholine rings is 1. The number of ether oxygens (including phenoxy) is 2. The first-order chi connectivity index (χ1) is 15.5. The van der Waals surface area contributed by atoms with Crippen molar-refractivity contribution in [2.45, 2.75) is 45.4 Å². The van der Waals surface area contributed by atoms with E-state index in [-0.39, 0.29) is 29.1 Å². The number of aromatic nitrogens is 3. The van der Waals surface area contributed by atoms with Crippen LogP contribution < -0.4 is 10.2 Å². The third-order valence-corrected chi connectivity index (χ3v) is 6.20. The molecule has 1 atom stereocenters. The van der Waals surface area contributed by atoms with Crippen molar-refractivity contribution in [3.8, 4) is 5.88 Å². The van der Waals surface area contributed by atoms with Crippen molar-refractivity contribution >= 4 is 16.9 Å². The van der Waals surface area contributed by atoms with E-state index in [0.29, 0.717) is 43.2 Å². The fraction of sp³-hybridized carbons (Fsp3) is 0.417. The fourth-order valence-corrected chi connectivity index (χ4v) is 4.56. The topological polar surface area (TPSA) is 86.5 Å². The lowest BCUT2D eigenvalue weighted by Crippen LogP contribution is -2.45. The van der Waals surface area contributed by atoms with Crippen molar-refractivity contribution in [2.24, 2.45) is 0 Å². The third-order valence-electron chi connectivity index (χ3n) is 6.20. The van der Waals surface area contributed by atoms with Gasteiger partial charge >= 0.3 is 0 Å². The maximum Gasteiger partial charge on any atom is 0.259 e. The largest absolute Gasteiger partial charge is 0.473 e. The van der Waals surface area contributed by atoms with Gasteiger partial charge in [-0.1, -0.05) is 24.3 Å². The Morgan fingerprint density at radius 2 is 1.97 bits per heavy atom. The minimum atomic E-state index is -0.344. The molecule has 1 saturated heterocycles. The molecule has 2 aliphatic rings. The monoisotopic (exact) mass is 434 g/mol. The van der Waals surface area contributed by atoms with Crippen LogP contribution in [0.1, 0.15) is 35.3 Å². The number of carbonyl (C=O) groups is 1. The molecule has 8 heteroatoms. The summed E-state index contributed by atoms with van der Waals surface area (Å²) >= 11 is 0. The summed E-state index contributed by atoms with van der Waals surface area (Å²) in [6.45, 7) is 5.83. The van der Waals surface area contributed by atoms with E-state index in [4.69, 9.17) is 9.47 Å². The van der Waals surface area contributed by atoms with Gasteiger partial charge in [-0.05, 0) is 25.0 Å². The number of hydrogen-bond acceptors (Lipinski definition) is 6. The standard InChI is InChI=1S/C24H26N4O4/c1-3-27-14-20(24(30)28-8-9-31-15(2)13-28)22(29)19-12-21(25-26-23(19)27)32-18-10-16-6-4-5-7-17(16)11-18/h4-7,12,14-15,18H,3,8-11,13H2,1-2H3/t15-/m1/s1. The van der Waals surface area contributed by atoms with Crippen LogP contribution in [0.25, 0.3) is 11.0 Å². The van der Waals surface area contributed by atoms with Crippen molar-refractivity contribution < 1.29 is 14.3 Å². The van der Waals surface area contributed by atoms with Gasteiger partial charge in [-0.2, -0.15) is 0 Å². The minimum absolute atomic E-state index is 0.0489. The van der Waals surface area contributed by atoms with Crippen LogP contribution >= 0.6 is 0 Å². The predicted molar refractivity (Wildman–Crippen MR) is 119 cm³/mol. The van der Waals surface area contributed by atoms with E-state index >= 15 is 0 Å². The maximum atomic E-state index is 13.3. The smallest absolute Gasteiger partial charge is 0.259 e. The molecule has 1 fully saturated rings. The summed E-state index contributed by atoms with van der Waals surface area (Å²) in [6, 6.07) is 9.89. The Balaban J connectivity index is 1.47. The molecule has 0 radical (unpaired) electrons. The molecule has 0 unspecified atom stereocenters. The average molecular weight is 434 g/mol. The van der Waals surface area contributed by atoms with Crippen LogP contribution in [0.2, 0.25) is 0 Å². The molecule has 0 spiro atoms. The molecule has 5 rings (SSSR count). The van der Waals surface area contributed by atoms with Gasteiger partial charge in [0, 0.05) is 44.7 Å². The number of nitrogens with zero attached hydrogens (tertiary/aromatic N) is 4. The zero-order valence-electron chi connectivity index (χ0n) is 18.3. The Morgan fingerprint density at radius 3 is 2.66 bits per heavy atom. The third kappa shape index (κ3) is 3.75. The van der Waals surface area contributed by atoms with Crippen LogP contribution in [-0.4, -0.2) is 57.5 Å². The lowest BCUT2D eigenvalue weighted by atomic mass is 10.1. The second kappa shape index (κ2) is 8.35. The molecular formula is C24H26N4O4. The quantitative estimate of drug-likeness (QED) is 0.626. The van der Waals surface area contributed by atoms with Crippen LogP contribution in [0.3, 0.4) is 0 Å². The predicted octanol–water partition coefficient (Wildman–Crippen LogP) is 2.22. The Bertz CT molecular complexity index is 1210. The number of amides is 1. The van der Waals surface area contributed by atoms with E-state index in [2.05, 4.69) is 22.3 Å². The highest BCUT2D eigenvalue weighted by Crippen LogP contribution is 2.25. The molecule has 3 aromatic rings. The van der Waals surface area contributed by atoms with Crippen LogP contribution in [0.15, 0.2) is 41.3 Å². The van der Waals surface area contributed by atoms with E-state index in [1.54, 1.807) is 21.7 Å². The van der Waals surface area contributed by atoms with Gasteiger partial charge in [-0.25, -0.2) is 0 Å². The van der Waals surface area contributed by atoms with Crippen LogP contribution in [0.5, 0.6) is 5.88 Å². The number of fused-ring (bicyclic) bond motifs is 2. The van der Waals surface area contributed by atoms with Crippen LogP contribution in [0.4, 0.5) is 0 Å². The molecule has 2 aromatic heterocycles. The zero-order valence-corrected chi connectivity index (χ0v) is 18.3. The van der Waals surface area contributed by atoms with Crippen molar-refractivity contribution in [1.29, 1.82) is 0 Å². The Labute approximate surface area is 185 Å². The van der Waals surface area contributed by atoms with Crippen molar-refractivity contribution in [2.75, 3.05) is 19.7 Å². The first-order valence-corrected chi connectivity index (χ1v) is 11.1. The molecule has 1 amide bonds. The van der Waals surface area contributed by atoms with Gasteiger partial charge in [0.15, 0.2) is 5.65 Å². The summed E-state index contributed by atoms with van der Waals surface area (Å²) in [6.07, 6.45) is 3.08. The second-order valence-electron chi connectivity index (χ2n) is 8.43. The molecule has 1 aliphatic carbocycles. The van der Waals surface area contributed by atoms with Gasteiger partial charge in [0.25, 0.3) is 5.91 Å². The van der Waals surface area contributed by atoms with Gasteiger partial charge < -0.3 is 18.9 Å². The van der Waals surface area contributed by atoms with Crippen molar-refractivity contribution in [3.63, 3.8) is 0 Å². The molecule has 1 aliphatic heterocycles. The van der Waals surface area contributed by atoms with Crippen molar-refractivity contribution in [1.82, 2.24) is 19.7 Å². The SMILES string of the molecule is CCn1cc(C(=O)N2CCO[C@H](C)C2)c(=O)c2cc(OC3Cc4ccccc4C3)nnc21. The highest BCUT2D eigenvalue weighted by molar-refractivity contribution is 5.97. The molecular weight excluding hydrogens is 408 g/mol. The minimum Gasteiger partial charge on any atom is -0.473 e. The second-order valence-corrected chi connectivity index (χ2v) is 8.43. The molecule has 32 heavy (non-hydrogen) atoms. The average Bonchev–Trinajstić information content (AvgIpc) is 3.21. The van der Waals surface area contributed by atoms with Crippen LogP contribution in [0, 0.1) is 0 Å². The fourth-order valence-electron chi connectivity index (χ4n) is 4.56. The number of pyridine rings is 1. The molecule has 166 valence electrons. The van der Waals surface area contributed by atoms with Gasteiger partial charge in [0.2, 0.25) is 11.3 Å². The van der Waals surface area contributed by atoms with Crippen molar-refractivity contribution in [3.05, 3.63) is 63.4 Å². The summed E-state index contributed by atoms with van der Waals surface area (Å²) in [4.78, 5) is 28.2. The summed E-state index contributed by atoms with van der Waals surface area (Å²) < 4.78 is 13.4. The first kappa shape index (κ1) is 20.6. The molecule has 1 aromatic carbocycles.